The SMILES string of the molecule is CCCCCCCCCC(CCC[n+]1cccc(C(C)C)c1)C(C)C. The van der Waals surface area contributed by atoms with Crippen LogP contribution in [-0.2, 0) is 6.54 Å². The van der Waals surface area contributed by atoms with E-state index in [2.05, 4.69) is 63.7 Å². The van der Waals surface area contributed by atoms with E-state index in [9.17, 15) is 0 Å². The second-order valence-corrected chi connectivity index (χ2v) is 8.59. The maximum atomic E-state index is 2.42. The van der Waals surface area contributed by atoms with Crippen LogP contribution < -0.4 is 4.57 Å². The van der Waals surface area contributed by atoms with Crippen LogP contribution in [0.2, 0.25) is 0 Å². The number of hydrogen-bond donors (Lipinski definition) is 0. The van der Waals surface area contributed by atoms with Gasteiger partial charge >= 0.3 is 0 Å². The van der Waals surface area contributed by atoms with Gasteiger partial charge in [0.05, 0.1) is 0 Å². The van der Waals surface area contributed by atoms with Gasteiger partial charge in [0.2, 0.25) is 0 Å². The molecule has 0 fully saturated rings. The molecule has 1 rings (SSSR count). The van der Waals surface area contributed by atoms with Crippen molar-refractivity contribution in [2.45, 2.75) is 111 Å². The fraction of sp³-hybridized carbons (Fsp3) is 0.792. The van der Waals surface area contributed by atoms with Crippen molar-refractivity contribution >= 4 is 0 Å². The fourth-order valence-electron chi connectivity index (χ4n) is 3.73. The van der Waals surface area contributed by atoms with Crippen LogP contribution in [0.25, 0.3) is 0 Å². The zero-order valence-electron chi connectivity index (χ0n) is 17.8. The predicted molar refractivity (Wildman–Crippen MR) is 111 cm³/mol. The van der Waals surface area contributed by atoms with Crippen LogP contribution in [-0.4, -0.2) is 0 Å². The Hall–Kier alpha value is -0.850. The second-order valence-electron chi connectivity index (χ2n) is 8.59. The van der Waals surface area contributed by atoms with Crippen LogP contribution >= 0.6 is 0 Å². The lowest BCUT2D eigenvalue weighted by atomic mass is 9.86. The Morgan fingerprint density at radius 2 is 1.48 bits per heavy atom. The summed E-state index contributed by atoms with van der Waals surface area (Å²) in [4.78, 5) is 0. The highest BCUT2D eigenvalue weighted by Crippen LogP contribution is 2.24. The van der Waals surface area contributed by atoms with Crippen LogP contribution in [0, 0.1) is 11.8 Å². The third-order valence-corrected chi connectivity index (χ3v) is 5.66. The minimum Gasteiger partial charge on any atom is -0.205 e. The molecule has 1 aromatic rings. The Labute approximate surface area is 158 Å². The molecule has 1 heteroatoms. The molecule has 25 heavy (non-hydrogen) atoms. The Kier molecular flexibility index (Phi) is 11.9. The number of aromatic nitrogens is 1. The highest BCUT2D eigenvalue weighted by molar-refractivity contribution is 5.09. The first-order valence-electron chi connectivity index (χ1n) is 11.0. The van der Waals surface area contributed by atoms with E-state index in [1.807, 2.05) is 0 Å². The van der Waals surface area contributed by atoms with Gasteiger partial charge in [-0.3, -0.25) is 0 Å². The summed E-state index contributed by atoms with van der Waals surface area (Å²) in [6.45, 7) is 12.8. The van der Waals surface area contributed by atoms with Crippen molar-refractivity contribution < 1.29 is 4.57 Å². The van der Waals surface area contributed by atoms with Crippen LogP contribution in [0.3, 0.4) is 0 Å². The van der Waals surface area contributed by atoms with Gasteiger partial charge in [0.25, 0.3) is 0 Å². The molecule has 0 amide bonds. The molecule has 1 atom stereocenters. The lowest BCUT2D eigenvalue weighted by Crippen LogP contribution is -2.33. The summed E-state index contributed by atoms with van der Waals surface area (Å²) in [6.07, 6.45) is 18.7. The maximum absolute atomic E-state index is 2.42. The lowest BCUT2D eigenvalue weighted by Gasteiger charge is -2.20. The van der Waals surface area contributed by atoms with E-state index < -0.39 is 0 Å². The maximum Gasteiger partial charge on any atom is 0.172 e. The Bertz CT molecular complexity index is 435. The van der Waals surface area contributed by atoms with Gasteiger partial charge in [0.15, 0.2) is 12.4 Å². The minimum absolute atomic E-state index is 0.619. The Balaban J connectivity index is 2.25. The molecule has 0 N–H and O–H groups in total. The molecule has 0 aliphatic carbocycles. The molecule has 0 radical (unpaired) electrons. The molecule has 144 valence electrons. The molecule has 1 heterocycles. The summed E-state index contributed by atoms with van der Waals surface area (Å²) in [5, 5.41) is 0. The van der Waals surface area contributed by atoms with Crippen LogP contribution in [0.5, 0.6) is 0 Å². The molecule has 0 aliphatic heterocycles. The first kappa shape index (κ1) is 22.2. The van der Waals surface area contributed by atoms with Crippen molar-refractivity contribution in [3.8, 4) is 0 Å². The standard InChI is InChI=1S/C24H44N/c1-6-7-8-9-10-11-12-15-23(21(2)3)16-13-18-25-19-14-17-24(20-25)22(4)5/h14,17,19-23H,6-13,15-16,18H2,1-5H3/q+1. The van der Waals surface area contributed by atoms with E-state index in [1.54, 1.807) is 0 Å². The molecular weight excluding hydrogens is 302 g/mol. The normalized spacial score (nSPS) is 12.9. The topological polar surface area (TPSA) is 3.88 Å². The average molecular weight is 347 g/mol. The van der Waals surface area contributed by atoms with Crippen molar-refractivity contribution in [1.29, 1.82) is 0 Å². The van der Waals surface area contributed by atoms with Crippen molar-refractivity contribution in [1.82, 2.24) is 0 Å². The van der Waals surface area contributed by atoms with E-state index >= 15 is 0 Å². The van der Waals surface area contributed by atoms with E-state index in [4.69, 9.17) is 0 Å². The van der Waals surface area contributed by atoms with Gasteiger partial charge in [0, 0.05) is 18.1 Å². The van der Waals surface area contributed by atoms with Gasteiger partial charge in [-0.15, -0.1) is 0 Å². The van der Waals surface area contributed by atoms with Gasteiger partial charge in [-0.1, -0.05) is 86.0 Å². The van der Waals surface area contributed by atoms with Crippen molar-refractivity contribution in [3.63, 3.8) is 0 Å². The number of rotatable bonds is 14. The van der Waals surface area contributed by atoms with Crippen LogP contribution in [0.15, 0.2) is 24.5 Å². The Morgan fingerprint density at radius 1 is 0.840 bits per heavy atom. The lowest BCUT2D eigenvalue weighted by molar-refractivity contribution is -0.698. The number of pyridine rings is 1. The monoisotopic (exact) mass is 346 g/mol. The molecule has 0 aromatic carbocycles. The quantitative estimate of drug-likeness (QED) is 0.246. The highest BCUT2D eigenvalue weighted by atomic mass is 14.9. The van der Waals surface area contributed by atoms with Crippen molar-refractivity contribution in [2.75, 3.05) is 0 Å². The van der Waals surface area contributed by atoms with Crippen molar-refractivity contribution in [2.24, 2.45) is 11.8 Å². The number of nitrogens with zero attached hydrogens (tertiary/aromatic N) is 1. The first-order chi connectivity index (χ1) is 12.0. The number of hydrogen-bond acceptors (Lipinski definition) is 0. The van der Waals surface area contributed by atoms with Crippen LogP contribution in [0.4, 0.5) is 0 Å². The summed E-state index contributed by atoms with van der Waals surface area (Å²) >= 11 is 0. The largest absolute Gasteiger partial charge is 0.205 e. The molecule has 0 saturated carbocycles. The summed E-state index contributed by atoms with van der Waals surface area (Å²) in [6, 6.07) is 4.45. The summed E-state index contributed by atoms with van der Waals surface area (Å²) in [7, 11) is 0. The third kappa shape index (κ3) is 10.0. The number of unbranched alkanes of at least 4 members (excludes halogenated alkanes) is 6. The van der Waals surface area contributed by atoms with Crippen molar-refractivity contribution in [3.05, 3.63) is 30.1 Å². The predicted octanol–water partition coefficient (Wildman–Crippen LogP) is 7.29. The fourth-order valence-corrected chi connectivity index (χ4v) is 3.73. The zero-order valence-corrected chi connectivity index (χ0v) is 17.8. The number of aryl methyl sites for hydroxylation is 1. The van der Waals surface area contributed by atoms with E-state index in [-0.39, 0.29) is 0 Å². The second kappa shape index (κ2) is 13.4. The molecular formula is C24H44N+. The Morgan fingerprint density at radius 3 is 2.12 bits per heavy atom. The molecule has 0 aliphatic rings. The third-order valence-electron chi connectivity index (χ3n) is 5.66. The van der Waals surface area contributed by atoms with Gasteiger partial charge < -0.3 is 0 Å². The van der Waals surface area contributed by atoms with Crippen LogP contribution in [0.1, 0.15) is 110 Å². The average Bonchev–Trinajstić information content (AvgIpc) is 2.59. The van der Waals surface area contributed by atoms with E-state index in [0.717, 1.165) is 11.8 Å². The van der Waals surface area contributed by atoms with Gasteiger partial charge in [-0.05, 0) is 30.2 Å². The molecule has 1 nitrogen and oxygen atoms in total. The van der Waals surface area contributed by atoms with E-state index in [0.29, 0.717) is 5.92 Å². The van der Waals surface area contributed by atoms with Gasteiger partial charge in [0.1, 0.15) is 6.54 Å². The molecule has 0 bridgehead atoms. The smallest absolute Gasteiger partial charge is 0.172 e. The molecule has 0 spiro atoms. The molecule has 1 aromatic heterocycles. The summed E-state index contributed by atoms with van der Waals surface area (Å²) in [5.74, 6) is 2.35. The first-order valence-corrected chi connectivity index (χ1v) is 11.0. The highest BCUT2D eigenvalue weighted by Gasteiger charge is 2.14. The zero-order chi connectivity index (χ0) is 18.5. The summed E-state index contributed by atoms with van der Waals surface area (Å²) < 4.78 is 2.39. The van der Waals surface area contributed by atoms with Gasteiger partial charge in [-0.25, -0.2) is 4.57 Å². The molecule has 1 unspecified atom stereocenters. The summed E-state index contributed by atoms with van der Waals surface area (Å²) in [5.41, 5.74) is 1.45. The van der Waals surface area contributed by atoms with E-state index in [1.165, 1.54) is 76.3 Å². The minimum atomic E-state index is 0.619. The molecule has 0 saturated heterocycles. The van der Waals surface area contributed by atoms with Gasteiger partial charge in [-0.2, -0.15) is 0 Å².